The van der Waals surface area contributed by atoms with Gasteiger partial charge >= 0.3 is 0 Å². The molecule has 0 aromatic rings. The van der Waals surface area contributed by atoms with Crippen molar-refractivity contribution in [2.45, 2.75) is 58.4 Å². The molecule has 0 radical (unpaired) electrons. The van der Waals surface area contributed by atoms with Crippen LogP contribution in [0.25, 0.3) is 0 Å². The molecule has 90 valence electrons. The van der Waals surface area contributed by atoms with Crippen molar-refractivity contribution in [3.05, 3.63) is 0 Å². The SMILES string of the molecule is CCCC(C)CN(CCCO)C1CCC1. The molecule has 0 spiro atoms. The summed E-state index contributed by atoms with van der Waals surface area (Å²) in [5.41, 5.74) is 0. The molecule has 0 aliphatic heterocycles. The van der Waals surface area contributed by atoms with E-state index in [1.54, 1.807) is 0 Å². The molecule has 1 atom stereocenters. The molecule has 1 aliphatic rings. The Bertz CT molecular complexity index is 157. The number of hydrogen-bond donors (Lipinski definition) is 1. The van der Waals surface area contributed by atoms with Gasteiger partial charge in [-0.2, -0.15) is 0 Å². The minimum Gasteiger partial charge on any atom is -0.396 e. The van der Waals surface area contributed by atoms with Gasteiger partial charge in [-0.1, -0.05) is 26.7 Å². The van der Waals surface area contributed by atoms with Crippen molar-refractivity contribution in [3.63, 3.8) is 0 Å². The number of aliphatic hydroxyl groups excluding tert-OH is 1. The first kappa shape index (κ1) is 13.0. The van der Waals surface area contributed by atoms with Gasteiger partial charge in [0, 0.05) is 25.7 Å². The summed E-state index contributed by atoms with van der Waals surface area (Å²) in [5.74, 6) is 0.814. The maximum absolute atomic E-state index is 8.90. The highest BCUT2D eigenvalue weighted by Gasteiger charge is 2.25. The van der Waals surface area contributed by atoms with E-state index in [2.05, 4.69) is 18.7 Å². The Morgan fingerprint density at radius 1 is 1.40 bits per heavy atom. The van der Waals surface area contributed by atoms with Gasteiger partial charge in [0.1, 0.15) is 0 Å². The normalized spacial score (nSPS) is 19.2. The number of hydrogen-bond acceptors (Lipinski definition) is 2. The summed E-state index contributed by atoms with van der Waals surface area (Å²) in [6, 6.07) is 0.829. The average molecular weight is 213 g/mol. The molecule has 0 amide bonds. The fourth-order valence-electron chi connectivity index (χ4n) is 2.43. The molecular weight excluding hydrogens is 186 g/mol. The van der Waals surface area contributed by atoms with E-state index in [4.69, 9.17) is 5.11 Å². The second-order valence-corrected chi connectivity index (χ2v) is 5.05. The van der Waals surface area contributed by atoms with Crippen LogP contribution in [0.15, 0.2) is 0 Å². The first-order chi connectivity index (χ1) is 7.27. The Hall–Kier alpha value is -0.0800. The zero-order valence-corrected chi connectivity index (χ0v) is 10.4. The van der Waals surface area contributed by atoms with Crippen molar-refractivity contribution in [2.24, 2.45) is 5.92 Å². The predicted molar refractivity (Wildman–Crippen MR) is 65.0 cm³/mol. The van der Waals surface area contributed by atoms with E-state index < -0.39 is 0 Å². The van der Waals surface area contributed by atoms with E-state index in [1.165, 1.54) is 38.6 Å². The summed E-state index contributed by atoms with van der Waals surface area (Å²) in [5, 5.41) is 8.90. The zero-order chi connectivity index (χ0) is 11.1. The Morgan fingerprint density at radius 3 is 2.60 bits per heavy atom. The van der Waals surface area contributed by atoms with Crippen LogP contribution in [0.1, 0.15) is 52.4 Å². The molecule has 1 fully saturated rings. The minimum atomic E-state index is 0.339. The fourth-order valence-corrected chi connectivity index (χ4v) is 2.43. The molecule has 1 unspecified atom stereocenters. The van der Waals surface area contributed by atoms with E-state index in [-0.39, 0.29) is 0 Å². The van der Waals surface area contributed by atoms with Crippen molar-refractivity contribution >= 4 is 0 Å². The summed E-state index contributed by atoms with van der Waals surface area (Å²) in [6.45, 7) is 7.28. The van der Waals surface area contributed by atoms with E-state index in [0.29, 0.717) is 6.61 Å². The maximum atomic E-state index is 8.90. The summed E-state index contributed by atoms with van der Waals surface area (Å²) in [4.78, 5) is 2.61. The van der Waals surface area contributed by atoms with Crippen LogP contribution in [-0.4, -0.2) is 35.7 Å². The highest BCUT2D eigenvalue weighted by atomic mass is 16.3. The largest absolute Gasteiger partial charge is 0.396 e. The molecule has 1 rings (SSSR count). The van der Waals surface area contributed by atoms with Crippen LogP contribution in [0.2, 0.25) is 0 Å². The zero-order valence-electron chi connectivity index (χ0n) is 10.4. The monoisotopic (exact) mass is 213 g/mol. The second kappa shape index (κ2) is 7.24. The topological polar surface area (TPSA) is 23.5 Å². The standard InChI is InChI=1S/C13H27NO/c1-3-6-12(2)11-14(9-5-10-15)13-7-4-8-13/h12-13,15H,3-11H2,1-2H3. The molecule has 1 saturated carbocycles. The van der Waals surface area contributed by atoms with Crippen molar-refractivity contribution in [3.8, 4) is 0 Å². The molecule has 2 nitrogen and oxygen atoms in total. The summed E-state index contributed by atoms with van der Waals surface area (Å²) < 4.78 is 0. The molecule has 1 aliphatic carbocycles. The Balaban J connectivity index is 2.27. The Labute approximate surface area is 94.7 Å². The van der Waals surface area contributed by atoms with Gasteiger partial charge in [0.15, 0.2) is 0 Å². The van der Waals surface area contributed by atoms with Crippen LogP contribution in [0, 0.1) is 5.92 Å². The van der Waals surface area contributed by atoms with Crippen LogP contribution in [0.3, 0.4) is 0 Å². The molecule has 15 heavy (non-hydrogen) atoms. The van der Waals surface area contributed by atoms with Crippen LogP contribution in [0.5, 0.6) is 0 Å². The third kappa shape index (κ3) is 4.52. The van der Waals surface area contributed by atoms with Gasteiger partial charge in [0.05, 0.1) is 0 Å². The van der Waals surface area contributed by atoms with Crippen molar-refractivity contribution < 1.29 is 5.11 Å². The Kier molecular flexibility index (Phi) is 6.26. The third-order valence-corrected chi connectivity index (χ3v) is 3.52. The van der Waals surface area contributed by atoms with Crippen molar-refractivity contribution in [1.29, 1.82) is 0 Å². The highest BCUT2D eigenvalue weighted by molar-refractivity contribution is 4.80. The number of aliphatic hydroxyl groups is 1. The average Bonchev–Trinajstić information content (AvgIpc) is 2.11. The lowest BCUT2D eigenvalue weighted by molar-refractivity contribution is 0.0992. The highest BCUT2D eigenvalue weighted by Crippen LogP contribution is 2.26. The second-order valence-electron chi connectivity index (χ2n) is 5.05. The molecule has 1 N–H and O–H groups in total. The van der Waals surface area contributed by atoms with Gasteiger partial charge < -0.3 is 10.0 Å². The van der Waals surface area contributed by atoms with E-state index in [1.807, 2.05) is 0 Å². The molecule has 0 heterocycles. The minimum absolute atomic E-state index is 0.339. The van der Waals surface area contributed by atoms with Gasteiger partial charge in [-0.15, -0.1) is 0 Å². The van der Waals surface area contributed by atoms with Crippen molar-refractivity contribution in [1.82, 2.24) is 4.90 Å². The quantitative estimate of drug-likeness (QED) is 0.670. The molecule has 2 heteroatoms. The van der Waals surface area contributed by atoms with Gasteiger partial charge in [-0.25, -0.2) is 0 Å². The smallest absolute Gasteiger partial charge is 0.0443 e. The molecular formula is C13H27NO. The lowest BCUT2D eigenvalue weighted by Gasteiger charge is -2.39. The summed E-state index contributed by atoms with van der Waals surface area (Å²) >= 11 is 0. The maximum Gasteiger partial charge on any atom is 0.0443 e. The van der Waals surface area contributed by atoms with Gasteiger partial charge in [0.25, 0.3) is 0 Å². The molecule has 0 bridgehead atoms. The first-order valence-corrected chi connectivity index (χ1v) is 6.62. The lowest BCUT2D eigenvalue weighted by atomic mass is 9.90. The summed E-state index contributed by atoms with van der Waals surface area (Å²) in [7, 11) is 0. The summed E-state index contributed by atoms with van der Waals surface area (Å²) in [6.07, 6.45) is 7.73. The van der Waals surface area contributed by atoms with Crippen LogP contribution in [-0.2, 0) is 0 Å². The number of rotatable bonds is 8. The molecule has 0 saturated heterocycles. The van der Waals surface area contributed by atoms with Gasteiger partial charge in [-0.05, 0) is 31.6 Å². The predicted octanol–water partition coefficient (Wildman–Crippen LogP) is 2.66. The Morgan fingerprint density at radius 2 is 2.13 bits per heavy atom. The number of nitrogens with zero attached hydrogens (tertiary/aromatic N) is 1. The fraction of sp³-hybridized carbons (Fsp3) is 1.00. The lowest BCUT2D eigenvalue weighted by Crippen LogP contribution is -2.43. The van der Waals surface area contributed by atoms with Crippen LogP contribution in [0.4, 0.5) is 0 Å². The van der Waals surface area contributed by atoms with Gasteiger partial charge in [-0.3, -0.25) is 0 Å². The van der Waals surface area contributed by atoms with Crippen LogP contribution < -0.4 is 0 Å². The molecule has 0 aromatic carbocycles. The van der Waals surface area contributed by atoms with E-state index in [9.17, 15) is 0 Å². The van der Waals surface area contributed by atoms with E-state index in [0.717, 1.165) is 24.9 Å². The van der Waals surface area contributed by atoms with Crippen molar-refractivity contribution in [2.75, 3.05) is 19.7 Å². The first-order valence-electron chi connectivity index (χ1n) is 6.62. The molecule has 0 aromatic heterocycles. The van der Waals surface area contributed by atoms with Gasteiger partial charge in [0.2, 0.25) is 0 Å². The third-order valence-electron chi connectivity index (χ3n) is 3.52. The van der Waals surface area contributed by atoms with Crippen LogP contribution >= 0.6 is 0 Å². The van der Waals surface area contributed by atoms with E-state index >= 15 is 0 Å².